The van der Waals surface area contributed by atoms with Crippen molar-refractivity contribution in [1.29, 1.82) is 0 Å². The zero-order valence-corrected chi connectivity index (χ0v) is 13.1. The van der Waals surface area contributed by atoms with Crippen molar-refractivity contribution in [2.24, 2.45) is 7.05 Å². The van der Waals surface area contributed by atoms with Crippen LogP contribution in [0.5, 0.6) is 0 Å². The first-order valence-electron chi connectivity index (χ1n) is 6.83. The van der Waals surface area contributed by atoms with Gasteiger partial charge in [-0.3, -0.25) is 4.79 Å². The number of nitrogens with one attached hydrogen (secondary N) is 1. The van der Waals surface area contributed by atoms with Gasteiger partial charge in [-0.1, -0.05) is 0 Å². The zero-order valence-electron chi connectivity index (χ0n) is 13.1. The fourth-order valence-corrected chi connectivity index (χ4v) is 2.59. The van der Waals surface area contributed by atoms with Gasteiger partial charge in [0.25, 0.3) is 0 Å². The highest BCUT2D eigenvalue weighted by molar-refractivity contribution is 5.91. The third-order valence-electron chi connectivity index (χ3n) is 3.91. The number of hydrogen-bond acceptors (Lipinski definition) is 2. The third-order valence-corrected chi connectivity index (χ3v) is 3.91. The van der Waals surface area contributed by atoms with Crippen LogP contribution in [0, 0.1) is 20.8 Å². The molecule has 1 heterocycles. The van der Waals surface area contributed by atoms with Crippen molar-refractivity contribution >= 4 is 22.4 Å². The molecule has 0 aliphatic heterocycles. The lowest BCUT2D eigenvalue weighted by atomic mass is 10.1. The number of carbonyl (C=O) groups is 1. The van der Waals surface area contributed by atoms with Gasteiger partial charge in [-0.2, -0.15) is 0 Å². The maximum Gasteiger partial charge on any atom is 0.154 e. The highest BCUT2D eigenvalue weighted by Crippen LogP contribution is 2.30. The van der Waals surface area contributed by atoms with E-state index < -0.39 is 0 Å². The van der Waals surface area contributed by atoms with Crippen LogP contribution in [0.25, 0.3) is 10.9 Å². The number of allylic oxidation sites excluding steroid dienone is 2. The predicted molar refractivity (Wildman–Crippen MR) is 85.2 cm³/mol. The Morgan fingerprint density at radius 2 is 1.85 bits per heavy atom. The number of hydrogen-bond donors (Lipinski definition) is 1. The Balaban J connectivity index is 2.53. The lowest BCUT2D eigenvalue weighted by Gasteiger charge is -2.11. The number of ketones is 1. The number of benzene rings is 1. The Kier molecular flexibility index (Phi) is 3.71. The monoisotopic (exact) mass is 270 g/mol. The minimum atomic E-state index is 0.0549. The Morgan fingerprint density at radius 3 is 2.45 bits per heavy atom. The molecule has 0 atom stereocenters. The average Bonchev–Trinajstić information content (AvgIpc) is 2.55. The van der Waals surface area contributed by atoms with E-state index in [1.165, 1.54) is 27.7 Å². The molecule has 0 aliphatic rings. The van der Waals surface area contributed by atoms with Crippen LogP contribution in [0.1, 0.15) is 30.7 Å². The van der Waals surface area contributed by atoms with E-state index in [-0.39, 0.29) is 5.78 Å². The molecule has 2 rings (SSSR count). The van der Waals surface area contributed by atoms with E-state index in [0.29, 0.717) is 0 Å². The Bertz CT molecular complexity index is 720. The largest absolute Gasteiger partial charge is 0.359 e. The zero-order chi connectivity index (χ0) is 15.0. The lowest BCUT2D eigenvalue weighted by Crippen LogP contribution is -2.00. The third kappa shape index (κ3) is 2.48. The van der Waals surface area contributed by atoms with Gasteiger partial charge in [-0.25, -0.2) is 0 Å². The molecule has 2 aromatic rings. The van der Waals surface area contributed by atoms with Crippen LogP contribution >= 0.6 is 0 Å². The second-order valence-electron chi connectivity index (χ2n) is 5.52. The molecular weight excluding hydrogens is 248 g/mol. The second kappa shape index (κ2) is 5.16. The minimum Gasteiger partial charge on any atom is -0.359 e. The summed E-state index contributed by atoms with van der Waals surface area (Å²) in [5, 5.41) is 4.61. The quantitative estimate of drug-likeness (QED) is 0.855. The molecule has 0 saturated carbocycles. The number of aromatic nitrogens is 1. The summed E-state index contributed by atoms with van der Waals surface area (Å²) in [6, 6.07) is 4.36. The van der Waals surface area contributed by atoms with Crippen LogP contribution in [0.15, 0.2) is 23.9 Å². The first-order valence-corrected chi connectivity index (χ1v) is 6.83. The molecule has 1 aromatic heterocycles. The molecule has 0 fully saturated rings. The van der Waals surface area contributed by atoms with Gasteiger partial charge in [0.15, 0.2) is 5.78 Å². The summed E-state index contributed by atoms with van der Waals surface area (Å²) in [4.78, 5) is 11.1. The molecule has 3 nitrogen and oxygen atoms in total. The fourth-order valence-electron chi connectivity index (χ4n) is 2.59. The summed E-state index contributed by atoms with van der Waals surface area (Å²) in [7, 11) is 2.09. The maximum absolute atomic E-state index is 11.1. The van der Waals surface area contributed by atoms with E-state index in [4.69, 9.17) is 0 Å². The van der Waals surface area contributed by atoms with Gasteiger partial charge in [0, 0.05) is 29.5 Å². The van der Waals surface area contributed by atoms with Crippen molar-refractivity contribution in [2.75, 3.05) is 5.32 Å². The molecule has 106 valence electrons. The Hall–Kier alpha value is -2.03. The molecule has 0 spiro atoms. The van der Waals surface area contributed by atoms with Gasteiger partial charge in [-0.05, 0) is 64.0 Å². The van der Waals surface area contributed by atoms with E-state index in [2.05, 4.69) is 49.8 Å². The van der Waals surface area contributed by atoms with Gasteiger partial charge in [0.05, 0.1) is 5.52 Å². The molecule has 1 aromatic carbocycles. The van der Waals surface area contributed by atoms with Crippen molar-refractivity contribution in [1.82, 2.24) is 4.57 Å². The molecule has 0 radical (unpaired) electrons. The number of rotatable bonds is 3. The van der Waals surface area contributed by atoms with Crippen molar-refractivity contribution in [3.63, 3.8) is 0 Å². The first-order chi connectivity index (χ1) is 9.31. The number of aryl methyl sites for hydroxylation is 3. The number of carbonyl (C=O) groups excluding carboxylic acids is 1. The van der Waals surface area contributed by atoms with E-state index in [0.717, 1.165) is 11.4 Å². The molecule has 0 saturated heterocycles. The standard InChI is InChI=1S/C17H22N2O/c1-10-7-15-13(4)14(5)19(6)17(15)9-16(10)18-11(2)8-12(3)20/h7-9,18H,1-6H3/b11-8-. The van der Waals surface area contributed by atoms with Crippen LogP contribution in [0.4, 0.5) is 5.69 Å². The number of anilines is 1. The second-order valence-corrected chi connectivity index (χ2v) is 5.52. The molecular formula is C17H22N2O. The van der Waals surface area contributed by atoms with Crippen molar-refractivity contribution in [3.05, 3.63) is 40.7 Å². The SMILES string of the molecule is CC(=O)/C=C(/C)Nc1cc2c(cc1C)c(C)c(C)n2C. The van der Waals surface area contributed by atoms with Crippen LogP contribution in [-0.2, 0) is 11.8 Å². The summed E-state index contributed by atoms with van der Waals surface area (Å²) in [6.07, 6.45) is 1.62. The van der Waals surface area contributed by atoms with Gasteiger partial charge < -0.3 is 9.88 Å². The molecule has 0 aliphatic carbocycles. The van der Waals surface area contributed by atoms with Crippen LogP contribution in [0.3, 0.4) is 0 Å². The van der Waals surface area contributed by atoms with Crippen molar-refractivity contribution in [3.8, 4) is 0 Å². The normalized spacial score (nSPS) is 12.0. The van der Waals surface area contributed by atoms with E-state index >= 15 is 0 Å². The molecule has 20 heavy (non-hydrogen) atoms. The lowest BCUT2D eigenvalue weighted by molar-refractivity contribution is -0.112. The molecule has 0 unspecified atom stereocenters. The van der Waals surface area contributed by atoms with Crippen LogP contribution in [0.2, 0.25) is 0 Å². The summed E-state index contributed by atoms with van der Waals surface area (Å²) in [5.74, 6) is 0.0549. The van der Waals surface area contributed by atoms with Gasteiger partial charge in [-0.15, -0.1) is 0 Å². The molecule has 0 bridgehead atoms. The molecule has 0 amide bonds. The van der Waals surface area contributed by atoms with Gasteiger partial charge in [0.1, 0.15) is 0 Å². The van der Waals surface area contributed by atoms with Crippen molar-refractivity contribution in [2.45, 2.75) is 34.6 Å². The predicted octanol–water partition coefficient (Wildman–Crippen LogP) is 4.01. The summed E-state index contributed by atoms with van der Waals surface area (Å²) < 4.78 is 2.21. The van der Waals surface area contributed by atoms with E-state index in [1.807, 2.05) is 6.92 Å². The Morgan fingerprint density at radius 1 is 1.20 bits per heavy atom. The smallest absolute Gasteiger partial charge is 0.154 e. The first kappa shape index (κ1) is 14.4. The van der Waals surface area contributed by atoms with Crippen LogP contribution in [-0.4, -0.2) is 10.4 Å². The minimum absolute atomic E-state index is 0.0549. The van der Waals surface area contributed by atoms with E-state index in [9.17, 15) is 4.79 Å². The summed E-state index contributed by atoms with van der Waals surface area (Å²) in [5.41, 5.74) is 6.92. The Labute approximate surface area is 120 Å². The van der Waals surface area contributed by atoms with Gasteiger partial charge >= 0.3 is 0 Å². The number of nitrogens with zero attached hydrogens (tertiary/aromatic N) is 1. The topological polar surface area (TPSA) is 34.0 Å². The number of fused-ring (bicyclic) bond motifs is 1. The van der Waals surface area contributed by atoms with Gasteiger partial charge in [0.2, 0.25) is 0 Å². The summed E-state index contributed by atoms with van der Waals surface area (Å²) in [6.45, 7) is 9.85. The molecule has 1 N–H and O–H groups in total. The average molecular weight is 270 g/mol. The maximum atomic E-state index is 11.1. The van der Waals surface area contributed by atoms with E-state index in [1.54, 1.807) is 13.0 Å². The highest BCUT2D eigenvalue weighted by atomic mass is 16.1. The fraction of sp³-hybridized carbons (Fsp3) is 0.353. The van der Waals surface area contributed by atoms with Crippen molar-refractivity contribution < 1.29 is 4.79 Å². The van der Waals surface area contributed by atoms with Crippen LogP contribution < -0.4 is 5.32 Å². The highest BCUT2D eigenvalue weighted by Gasteiger charge is 2.11. The molecule has 3 heteroatoms. The summed E-state index contributed by atoms with van der Waals surface area (Å²) >= 11 is 0.